The minimum absolute atomic E-state index is 0.797. The van der Waals surface area contributed by atoms with Crippen LogP contribution in [0.15, 0.2) is 11.6 Å². The fourth-order valence-corrected chi connectivity index (χ4v) is 2.33. The molecule has 1 atom stereocenters. The molecule has 3 N–H and O–H groups in total. The van der Waals surface area contributed by atoms with E-state index in [0.29, 0.717) is 0 Å². The van der Waals surface area contributed by atoms with Gasteiger partial charge in [-0.2, -0.15) is 0 Å². The average Bonchev–Trinajstić information content (AvgIpc) is 2.27. The maximum Gasteiger partial charge on any atom is 0.0911 e. The number of hydrogen-bond acceptors (Lipinski definition) is 2. The second kappa shape index (κ2) is 7.05. The van der Waals surface area contributed by atoms with Crippen LogP contribution < -0.4 is 11.1 Å². The van der Waals surface area contributed by atoms with Crippen LogP contribution in [0.25, 0.3) is 0 Å². The molecule has 16 heavy (non-hydrogen) atoms. The van der Waals surface area contributed by atoms with E-state index >= 15 is 0 Å². The van der Waals surface area contributed by atoms with Crippen LogP contribution >= 0.6 is 0 Å². The molecular weight excluding hydrogens is 198 g/mol. The van der Waals surface area contributed by atoms with Gasteiger partial charge in [-0.15, -0.1) is 0 Å². The van der Waals surface area contributed by atoms with Crippen molar-refractivity contribution >= 4 is 0 Å². The molecule has 0 amide bonds. The van der Waals surface area contributed by atoms with Gasteiger partial charge in [-0.1, -0.05) is 11.6 Å². The number of nitrogens with zero attached hydrogens (tertiary/aromatic N) is 1. The summed E-state index contributed by atoms with van der Waals surface area (Å²) in [5.41, 5.74) is 7.24. The summed E-state index contributed by atoms with van der Waals surface area (Å²) < 4.78 is 1.12. The van der Waals surface area contributed by atoms with Crippen LogP contribution in [0, 0.1) is 0 Å². The second-order valence-corrected chi connectivity index (χ2v) is 5.27. The number of nitrogens with one attached hydrogen (secondary N) is 1. The monoisotopic (exact) mass is 226 g/mol. The molecule has 0 saturated heterocycles. The van der Waals surface area contributed by atoms with Crippen molar-refractivity contribution in [3.63, 3.8) is 0 Å². The van der Waals surface area contributed by atoms with Crippen LogP contribution in [0.1, 0.15) is 26.2 Å². The van der Waals surface area contributed by atoms with Gasteiger partial charge in [0.2, 0.25) is 0 Å². The molecule has 1 aliphatic rings. The third-order valence-corrected chi connectivity index (χ3v) is 3.59. The van der Waals surface area contributed by atoms with E-state index in [1.807, 2.05) is 0 Å². The molecule has 1 heterocycles. The molecule has 0 radical (unpaired) electrons. The molecule has 1 unspecified atom stereocenters. The number of nitrogens with two attached hydrogens (primary N) is 1. The topological polar surface area (TPSA) is 38.0 Å². The first-order valence-corrected chi connectivity index (χ1v) is 6.56. The fourth-order valence-electron chi connectivity index (χ4n) is 2.33. The Morgan fingerprint density at radius 1 is 1.38 bits per heavy atom. The van der Waals surface area contributed by atoms with E-state index in [0.717, 1.165) is 30.7 Å². The first kappa shape index (κ1) is 13.7. The fraction of sp³-hybridized carbons (Fsp3) is 0.846. The molecule has 94 valence electrons. The number of allylic oxidation sites excluding steroid dienone is 1. The standard InChI is InChI=1S/C13H28N3/c1-13-5-3-4-10-16(2,11-7-14)12-9-15-8-6-13/h5,15H,3-4,6-12,14H2,1-2H3/q+1. The zero-order valence-corrected chi connectivity index (χ0v) is 11.0. The summed E-state index contributed by atoms with van der Waals surface area (Å²) in [6.07, 6.45) is 6.11. The molecule has 0 aromatic heterocycles. The van der Waals surface area contributed by atoms with Crippen LogP contribution in [-0.4, -0.2) is 50.8 Å². The van der Waals surface area contributed by atoms with Crippen LogP contribution in [0.4, 0.5) is 0 Å². The van der Waals surface area contributed by atoms with Crippen molar-refractivity contribution in [3.05, 3.63) is 11.6 Å². The molecule has 1 aliphatic heterocycles. The lowest BCUT2D eigenvalue weighted by atomic mass is 10.1. The lowest BCUT2D eigenvalue weighted by Gasteiger charge is -2.34. The SMILES string of the molecule is CC1=CCCC[N+](C)(CCN)CCNCC1. The molecule has 0 saturated carbocycles. The summed E-state index contributed by atoms with van der Waals surface area (Å²) in [6.45, 7) is 8.83. The van der Waals surface area contributed by atoms with Gasteiger partial charge in [-0.05, 0) is 26.3 Å². The molecular formula is C13H28N3+. The van der Waals surface area contributed by atoms with E-state index < -0.39 is 0 Å². The molecule has 3 nitrogen and oxygen atoms in total. The van der Waals surface area contributed by atoms with E-state index in [2.05, 4.69) is 25.4 Å². The number of likely N-dealkylation sites (N-methyl/N-ethyl adjacent to an activating group) is 1. The van der Waals surface area contributed by atoms with E-state index in [1.54, 1.807) is 0 Å². The quantitative estimate of drug-likeness (QED) is 0.547. The van der Waals surface area contributed by atoms with Crippen LogP contribution in [0.2, 0.25) is 0 Å². The van der Waals surface area contributed by atoms with Crippen molar-refractivity contribution in [2.24, 2.45) is 5.73 Å². The Morgan fingerprint density at radius 3 is 2.94 bits per heavy atom. The van der Waals surface area contributed by atoms with Gasteiger partial charge < -0.3 is 15.5 Å². The second-order valence-electron chi connectivity index (χ2n) is 5.27. The normalized spacial score (nSPS) is 29.3. The molecule has 3 heteroatoms. The van der Waals surface area contributed by atoms with E-state index in [1.165, 1.54) is 37.9 Å². The number of hydrogen-bond donors (Lipinski definition) is 2. The zero-order valence-electron chi connectivity index (χ0n) is 11.0. The lowest BCUT2D eigenvalue weighted by molar-refractivity contribution is -0.907. The van der Waals surface area contributed by atoms with Gasteiger partial charge >= 0.3 is 0 Å². The van der Waals surface area contributed by atoms with Crippen molar-refractivity contribution in [1.82, 2.24) is 5.32 Å². The van der Waals surface area contributed by atoms with E-state index in [9.17, 15) is 0 Å². The van der Waals surface area contributed by atoms with Gasteiger partial charge in [0, 0.05) is 19.5 Å². The maximum atomic E-state index is 5.71. The van der Waals surface area contributed by atoms with Crippen LogP contribution in [0.3, 0.4) is 0 Å². The summed E-state index contributed by atoms with van der Waals surface area (Å²) in [4.78, 5) is 0. The van der Waals surface area contributed by atoms with Crippen LogP contribution in [0.5, 0.6) is 0 Å². The highest BCUT2D eigenvalue weighted by Gasteiger charge is 2.19. The van der Waals surface area contributed by atoms with Crippen molar-refractivity contribution in [2.45, 2.75) is 26.2 Å². The van der Waals surface area contributed by atoms with E-state index in [4.69, 9.17) is 5.73 Å². The Morgan fingerprint density at radius 2 is 2.19 bits per heavy atom. The highest BCUT2D eigenvalue weighted by molar-refractivity contribution is 4.98. The third kappa shape index (κ3) is 5.10. The van der Waals surface area contributed by atoms with Crippen molar-refractivity contribution in [2.75, 3.05) is 46.3 Å². The molecule has 0 bridgehead atoms. The summed E-state index contributed by atoms with van der Waals surface area (Å²) in [7, 11) is 2.34. The number of quaternary nitrogens is 1. The molecule has 0 aromatic rings. The molecule has 0 fully saturated rings. The van der Waals surface area contributed by atoms with Gasteiger partial charge in [-0.25, -0.2) is 0 Å². The zero-order chi connectivity index (χ0) is 11.9. The highest BCUT2D eigenvalue weighted by Crippen LogP contribution is 2.09. The third-order valence-electron chi connectivity index (χ3n) is 3.59. The molecule has 0 spiro atoms. The van der Waals surface area contributed by atoms with Gasteiger partial charge in [-0.3, -0.25) is 0 Å². The Bertz CT molecular complexity index is 225. The smallest absolute Gasteiger partial charge is 0.0911 e. The van der Waals surface area contributed by atoms with Crippen molar-refractivity contribution < 1.29 is 4.48 Å². The Kier molecular flexibility index (Phi) is 6.03. The van der Waals surface area contributed by atoms with Gasteiger partial charge in [0.1, 0.15) is 0 Å². The van der Waals surface area contributed by atoms with Crippen molar-refractivity contribution in [1.29, 1.82) is 0 Å². The lowest BCUT2D eigenvalue weighted by Crippen LogP contribution is -2.51. The first-order chi connectivity index (χ1) is 7.66. The Balaban J connectivity index is 2.50. The summed E-state index contributed by atoms with van der Waals surface area (Å²) in [6, 6.07) is 0. The summed E-state index contributed by atoms with van der Waals surface area (Å²) in [5.74, 6) is 0. The van der Waals surface area contributed by atoms with E-state index in [-0.39, 0.29) is 0 Å². The molecule has 0 aliphatic carbocycles. The van der Waals surface area contributed by atoms with Gasteiger partial charge in [0.05, 0.1) is 26.7 Å². The van der Waals surface area contributed by atoms with Crippen molar-refractivity contribution in [3.8, 4) is 0 Å². The maximum absolute atomic E-state index is 5.71. The summed E-state index contributed by atoms with van der Waals surface area (Å²) >= 11 is 0. The van der Waals surface area contributed by atoms with Crippen LogP contribution in [-0.2, 0) is 0 Å². The highest BCUT2D eigenvalue weighted by atomic mass is 15.3. The Labute approximate surface area is 100 Å². The Hall–Kier alpha value is -0.380. The number of rotatable bonds is 2. The molecule has 1 rings (SSSR count). The largest absolute Gasteiger partial charge is 0.326 e. The predicted molar refractivity (Wildman–Crippen MR) is 70.3 cm³/mol. The minimum Gasteiger partial charge on any atom is -0.326 e. The first-order valence-electron chi connectivity index (χ1n) is 6.56. The van der Waals surface area contributed by atoms with Gasteiger partial charge in [0.25, 0.3) is 0 Å². The van der Waals surface area contributed by atoms with Gasteiger partial charge in [0.15, 0.2) is 0 Å². The average molecular weight is 226 g/mol. The summed E-state index contributed by atoms with van der Waals surface area (Å²) in [5, 5.41) is 3.53. The minimum atomic E-state index is 0.797. The predicted octanol–water partition coefficient (Wildman–Crippen LogP) is 1.11. The molecule has 0 aromatic carbocycles.